The average molecular weight is 445 g/mol. The van der Waals surface area contributed by atoms with Crippen molar-refractivity contribution in [1.29, 1.82) is 0 Å². The fraction of sp³-hybridized carbons (Fsp3) is 0.0952. The number of aromatic nitrogens is 2. The number of nitrogens with zero attached hydrogens (tertiary/aromatic N) is 2. The fourth-order valence-corrected chi connectivity index (χ4v) is 3.99. The zero-order valence-corrected chi connectivity index (χ0v) is 16.6. The molecule has 0 unspecified atom stereocenters. The van der Waals surface area contributed by atoms with Crippen LogP contribution in [0.5, 0.6) is 0 Å². The highest BCUT2D eigenvalue weighted by atomic mass is 32.1. The standard InChI is InChI=1S/C21H14F3N3O3S/c22-13-5-6-16(15(24)9-13)25-18(28)11-26-17-7-8-31-19(17)20(29)27(21(26)30)10-12-3-1-2-4-14(12)23/h1-9H,10-11H2,(H,25,28). The predicted octanol–water partition coefficient (Wildman–Crippen LogP) is 3.33. The highest BCUT2D eigenvalue weighted by Gasteiger charge is 2.18. The number of carbonyl (C=O) groups is 1. The van der Waals surface area contributed by atoms with Gasteiger partial charge in [-0.2, -0.15) is 0 Å². The van der Waals surface area contributed by atoms with E-state index in [1.165, 1.54) is 24.3 Å². The molecule has 0 aliphatic carbocycles. The van der Waals surface area contributed by atoms with E-state index in [2.05, 4.69) is 5.32 Å². The van der Waals surface area contributed by atoms with Crippen LogP contribution in [0, 0.1) is 17.5 Å². The second kappa shape index (κ2) is 8.23. The summed E-state index contributed by atoms with van der Waals surface area (Å²) in [4.78, 5) is 38.3. The highest BCUT2D eigenvalue weighted by Crippen LogP contribution is 2.17. The molecule has 4 aromatic rings. The second-order valence-electron chi connectivity index (χ2n) is 6.66. The van der Waals surface area contributed by atoms with Crippen molar-refractivity contribution in [2.75, 3.05) is 5.32 Å². The number of anilines is 1. The molecule has 6 nitrogen and oxygen atoms in total. The first-order valence-electron chi connectivity index (χ1n) is 9.04. The molecule has 0 spiro atoms. The van der Waals surface area contributed by atoms with E-state index in [9.17, 15) is 27.6 Å². The Kier molecular flexibility index (Phi) is 5.47. The van der Waals surface area contributed by atoms with Gasteiger partial charge in [-0.3, -0.25) is 18.7 Å². The van der Waals surface area contributed by atoms with Crippen LogP contribution in [0.1, 0.15) is 5.56 Å². The van der Waals surface area contributed by atoms with Crippen LogP contribution in [0.3, 0.4) is 0 Å². The third kappa shape index (κ3) is 4.02. The van der Waals surface area contributed by atoms with Crippen molar-refractivity contribution >= 4 is 33.1 Å². The van der Waals surface area contributed by atoms with Crippen LogP contribution in [-0.2, 0) is 17.9 Å². The number of rotatable bonds is 5. The quantitative estimate of drug-likeness (QED) is 0.512. The predicted molar refractivity (Wildman–Crippen MR) is 111 cm³/mol. The van der Waals surface area contributed by atoms with Gasteiger partial charge in [0, 0.05) is 11.6 Å². The fourth-order valence-electron chi connectivity index (χ4n) is 3.15. The Morgan fingerprint density at radius 1 is 0.968 bits per heavy atom. The van der Waals surface area contributed by atoms with Crippen LogP contribution in [0.2, 0.25) is 0 Å². The summed E-state index contributed by atoms with van der Waals surface area (Å²) in [5.41, 5.74) is -1.28. The number of thiophene rings is 1. The molecule has 2 heterocycles. The summed E-state index contributed by atoms with van der Waals surface area (Å²) in [5.74, 6) is -3.09. The van der Waals surface area contributed by atoms with Gasteiger partial charge >= 0.3 is 5.69 Å². The maximum Gasteiger partial charge on any atom is 0.332 e. The molecule has 4 rings (SSSR count). The van der Waals surface area contributed by atoms with Gasteiger partial charge in [0.1, 0.15) is 28.7 Å². The highest BCUT2D eigenvalue weighted by molar-refractivity contribution is 7.17. The van der Waals surface area contributed by atoms with Crippen molar-refractivity contribution < 1.29 is 18.0 Å². The molecular formula is C21H14F3N3O3S. The van der Waals surface area contributed by atoms with Gasteiger partial charge in [0.25, 0.3) is 5.56 Å². The van der Waals surface area contributed by atoms with Gasteiger partial charge in [-0.25, -0.2) is 18.0 Å². The van der Waals surface area contributed by atoms with Crippen molar-refractivity contribution in [3.63, 3.8) is 0 Å². The third-order valence-electron chi connectivity index (χ3n) is 4.63. The average Bonchev–Trinajstić information content (AvgIpc) is 3.22. The smallest absolute Gasteiger partial charge is 0.322 e. The summed E-state index contributed by atoms with van der Waals surface area (Å²) >= 11 is 1.08. The lowest BCUT2D eigenvalue weighted by atomic mass is 10.2. The van der Waals surface area contributed by atoms with E-state index in [0.717, 1.165) is 32.6 Å². The normalized spacial score (nSPS) is 11.1. The van der Waals surface area contributed by atoms with Gasteiger partial charge in [-0.05, 0) is 29.6 Å². The molecule has 2 aromatic heterocycles. The Balaban J connectivity index is 1.73. The van der Waals surface area contributed by atoms with E-state index >= 15 is 0 Å². The lowest BCUT2D eigenvalue weighted by Crippen LogP contribution is -2.41. The lowest BCUT2D eigenvalue weighted by molar-refractivity contribution is -0.116. The Morgan fingerprint density at radius 3 is 2.48 bits per heavy atom. The van der Waals surface area contributed by atoms with E-state index in [1.54, 1.807) is 11.4 Å². The Labute approximate surface area is 176 Å². The molecule has 1 amide bonds. The van der Waals surface area contributed by atoms with E-state index < -0.39 is 41.2 Å². The molecule has 1 N–H and O–H groups in total. The SMILES string of the molecule is O=C(Cn1c(=O)n(Cc2ccccc2F)c(=O)c2sccc21)Nc1ccc(F)cc1F. The maximum atomic E-state index is 14.1. The first kappa shape index (κ1) is 20.6. The van der Waals surface area contributed by atoms with E-state index in [-0.39, 0.29) is 28.0 Å². The lowest BCUT2D eigenvalue weighted by Gasteiger charge is -2.13. The van der Waals surface area contributed by atoms with Crippen molar-refractivity contribution in [1.82, 2.24) is 9.13 Å². The first-order chi connectivity index (χ1) is 14.8. The summed E-state index contributed by atoms with van der Waals surface area (Å²) in [5, 5.41) is 3.87. The number of carbonyl (C=O) groups excluding carboxylic acids is 1. The van der Waals surface area contributed by atoms with E-state index in [0.29, 0.717) is 6.07 Å². The Hall–Kier alpha value is -3.66. The van der Waals surface area contributed by atoms with Crippen molar-refractivity contribution in [2.24, 2.45) is 0 Å². The Bertz CT molecular complexity index is 1420. The van der Waals surface area contributed by atoms with Crippen LogP contribution in [0.4, 0.5) is 18.9 Å². The number of benzene rings is 2. The summed E-state index contributed by atoms with van der Waals surface area (Å²) in [6.07, 6.45) is 0. The molecule has 0 saturated heterocycles. The van der Waals surface area contributed by atoms with Gasteiger partial charge < -0.3 is 5.32 Å². The van der Waals surface area contributed by atoms with Crippen LogP contribution < -0.4 is 16.6 Å². The summed E-state index contributed by atoms with van der Waals surface area (Å²) < 4.78 is 43.1. The van der Waals surface area contributed by atoms with Crippen molar-refractivity contribution in [3.8, 4) is 0 Å². The van der Waals surface area contributed by atoms with Crippen molar-refractivity contribution in [3.05, 3.63) is 97.8 Å². The zero-order chi connectivity index (χ0) is 22.1. The van der Waals surface area contributed by atoms with Crippen LogP contribution in [0.25, 0.3) is 10.2 Å². The van der Waals surface area contributed by atoms with Crippen molar-refractivity contribution in [2.45, 2.75) is 13.1 Å². The molecular weight excluding hydrogens is 431 g/mol. The molecule has 0 aliphatic heterocycles. The molecule has 0 atom stereocenters. The molecule has 158 valence electrons. The number of fused-ring (bicyclic) bond motifs is 1. The number of hydrogen-bond acceptors (Lipinski definition) is 4. The largest absolute Gasteiger partial charge is 0.332 e. The topological polar surface area (TPSA) is 73.1 Å². The zero-order valence-electron chi connectivity index (χ0n) is 15.8. The van der Waals surface area contributed by atoms with Crippen LogP contribution >= 0.6 is 11.3 Å². The number of hydrogen-bond donors (Lipinski definition) is 1. The minimum absolute atomic E-state index is 0.141. The van der Waals surface area contributed by atoms with Gasteiger partial charge in [-0.15, -0.1) is 11.3 Å². The minimum Gasteiger partial charge on any atom is -0.322 e. The molecule has 31 heavy (non-hydrogen) atoms. The van der Waals surface area contributed by atoms with E-state index in [1.807, 2.05) is 0 Å². The molecule has 10 heteroatoms. The van der Waals surface area contributed by atoms with Gasteiger partial charge in [0.2, 0.25) is 5.91 Å². The molecule has 0 aliphatic rings. The van der Waals surface area contributed by atoms with Gasteiger partial charge in [0.05, 0.1) is 17.7 Å². The number of amides is 1. The summed E-state index contributed by atoms with van der Waals surface area (Å²) in [6, 6.07) is 9.91. The minimum atomic E-state index is -0.967. The molecule has 2 aromatic carbocycles. The summed E-state index contributed by atoms with van der Waals surface area (Å²) in [6.45, 7) is -0.840. The molecule has 0 fully saturated rings. The molecule has 0 saturated carbocycles. The third-order valence-corrected chi connectivity index (χ3v) is 5.52. The summed E-state index contributed by atoms with van der Waals surface area (Å²) in [7, 11) is 0. The first-order valence-corrected chi connectivity index (χ1v) is 9.92. The monoisotopic (exact) mass is 445 g/mol. The number of nitrogens with one attached hydrogen (secondary N) is 1. The van der Waals surface area contributed by atoms with E-state index in [4.69, 9.17) is 0 Å². The van der Waals surface area contributed by atoms with Gasteiger partial charge in [-0.1, -0.05) is 18.2 Å². The second-order valence-corrected chi connectivity index (χ2v) is 7.57. The Morgan fingerprint density at radius 2 is 1.74 bits per heavy atom. The molecule has 0 bridgehead atoms. The van der Waals surface area contributed by atoms with Crippen LogP contribution in [-0.4, -0.2) is 15.0 Å². The maximum absolute atomic E-state index is 14.1. The van der Waals surface area contributed by atoms with Gasteiger partial charge in [0.15, 0.2) is 0 Å². The van der Waals surface area contributed by atoms with Crippen LogP contribution in [0.15, 0.2) is 63.5 Å². The molecule has 0 radical (unpaired) electrons. The number of halogens is 3.